The number of rotatable bonds is 3. The maximum atomic E-state index is 6.62. The molecule has 1 aromatic carbocycles. The van der Waals surface area contributed by atoms with Gasteiger partial charge in [0.25, 0.3) is 0 Å². The number of fused-ring (bicyclic) bond motifs is 3. The third-order valence-electron chi connectivity index (χ3n) is 5.04. The van der Waals surface area contributed by atoms with E-state index in [9.17, 15) is 0 Å². The van der Waals surface area contributed by atoms with Crippen LogP contribution in [0.25, 0.3) is 22.0 Å². The fourth-order valence-electron chi connectivity index (χ4n) is 3.90. The number of aromatic amines is 1. The van der Waals surface area contributed by atoms with Crippen molar-refractivity contribution >= 4 is 40.1 Å². The molecule has 2 N–H and O–H groups in total. The summed E-state index contributed by atoms with van der Waals surface area (Å²) >= 11 is 13.0. The van der Waals surface area contributed by atoms with Gasteiger partial charge in [-0.25, -0.2) is 9.97 Å². The first-order chi connectivity index (χ1) is 13.2. The van der Waals surface area contributed by atoms with Crippen LogP contribution in [0.15, 0.2) is 43.0 Å². The second kappa shape index (κ2) is 6.55. The van der Waals surface area contributed by atoms with E-state index in [2.05, 4.69) is 30.0 Å². The average Bonchev–Trinajstić information content (AvgIpc) is 3.31. The van der Waals surface area contributed by atoms with Gasteiger partial charge in [0.2, 0.25) is 5.95 Å². The first-order valence-corrected chi connectivity index (χ1v) is 9.49. The first-order valence-electron chi connectivity index (χ1n) is 8.74. The van der Waals surface area contributed by atoms with Crippen LogP contribution in [0.3, 0.4) is 0 Å². The summed E-state index contributed by atoms with van der Waals surface area (Å²) in [7, 11) is 0. The molecule has 136 valence electrons. The van der Waals surface area contributed by atoms with Gasteiger partial charge in [-0.15, -0.1) is 0 Å². The second-order valence-electron chi connectivity index (χ2n) is 6.63. The summed E-state index contributed by atoms with van der Waals surface area (Å²) in [5.41, 5.74) is 4.45. The van der Waals surface area contributed by atoms with Gasteiger partial charge in [-0.05, 0) is 25.0 Å². The maximum absolute atomic E-state index is 6.62. The second-order valence-corrected chi connectivity index (χ2v) is 7.41. The van der Waals surface area contributed by atoms with Crippen molar-refractivity contribution in [2.24, 2.45) is 0 Å². The quantitative estimate of drug-likeness (QED) is 0.530. The summed E-state index contributed by atoms with van der Waals surface area (Å²) < 4.78 is 2.27. The SMILES string of the molecule is Clc1ccc2c(-c3cn[nH]c3)c3n(c2c1Cl)CC(Nc1ncccn1)CC3. The maximum Gasteiger partial charge on any atom is 0.222 e. The summed E-state index contributed by atoms with van der Waals surface area (Å²) in [5.74, 6) is 0.640. The van der Waals surface area contributed by atoms with Gasteiger partial charge in [0, 0.05) is 53.4 Å². The van der Waals surface area contributed by atoms with E-state index in [1.165, 1.54) is 11.3 Å². The minimum absolute atomic E-state index is 0.211. The van der Waals surface area contributed by atoms with Crippen LogP contribution in [0.4, 0.5) is 5.95 Å². The van der Waals surface area contributed by atoms with E-state index in [1.54, 1.807) is 12.4 Å². The van der Waals surface area contributed by atoms with E-state index in [-0.39, 0.29) is 6.04 Å². The topological polar surface area (TPSA) is 71.4 Å². The number of anilines is 1. The van der Waals surface area contributed by atoms with E-state index in [4.69, 9.17) is 23.2 Å². The molecule has 0 radical (unpaired) electrons. The Morgan fingerprint density at radius 2 is 2.04 bits per heavy atom. The standard InChI is InChI=1S/C19H16Cl2N6/c20-14-4-3-13-16(11-8-24-25-9-11)15-5-2-12(10-27(15)18(13)17(14)21)26-19-22-6-1-7-23-19/h1,3-4,6-9,12H,2,5,10H2,(H,24,25)(H,22,23,26). The van der Waals surface area contributed by atoms with Crippen molar-refractivity contribution < 1.29 is 0 Å². The van der Waals surface area contributed by atoms with Gasteiger partial charge in [-0.1, -0.05) is 29.3 Å². The molecular weight excluding hydrogens is 383 g/mol. The zero-order chi connectivity index (χ0) is 18.4. The predicted octanol–water partition coefficient (Wildman–Crippen LogP) is 4.56. The van der Waals surface area contributed by atoms with Crippen LogP contribution >= 0.6 is 23.2 Å². The lowest BCUT2D eigenvalue weighted by Crippen LogP contribution is -2.31. The largest absolute Gasteiger partial charge is 0.350 e. The van der Waals surface area contributed by atoms with Crippen molar-refractivity contribution in [2.75, 3.05) is 5.32 Å². The molecule has 8 heteroatoms. The minimum Gasteiger partial charge on any atom is -0.350 e. The Balaban J connectivity index is 1.63. The van der Waals surface area contributed by atoms with E-state index >= 15 is 0 Å². The summed E-state index contributed by atoms with van der Waals surface area (Å²) in [4.78, 5) is 8.56. The van der Waals surface area contributed by atoms with Crippen LogP contribution in [0.1, 0.15) is 12.1 Å². The monoisotopic (exact) mass is 398 g/mol. The van der Waals surface area contributed by atoms with E-state index in [0.29, 0.717) is 16.0 Å². The molecule has 1 atom stereocenters. The molecular formula is C19H16Cl2N6. The normalized spacial score (nSPS) is 16.4. The van der Waals surface area contributed by atoms with E-state index < -0.39 is 0 Å². The number of halogens is 2. The van der Waals surface area contributed by atoms with Gasteiger partial charge < -0.3 is 9.88 Å². The number of benzene rings is 1. The molecule has 6 nitrogen and oxygen atoms in total. The van der Waals surface area contributed by atoms with Crippen LogP contribution in [0, 0.1) is 0 Å². The van der Waals surface area contributed by atoms with Crippen molar-refractivity contribution in [1.29, 1.82) is 0 Å². The van der Waals surface area contributed by atoms with Crippen molar-refractivity contribution in [1.82, 2.24) is 24.7 Å². The lowest BCUT2D eigenvalue weighted by atomic mass is 9.99. The molecule has 0 fully saturated rings. The molecule has 0 spiro atoms. The van der Waals surface area contributed by atoms with Gasteiger partial charge >= 0.3 is 0 Å². The first kappa shape index (κ1) is 16.6. The molecule has 0 amide bonds. The number of aromatic nitrogens is 5. The Morgan fingerprint density at radius 3 is 2.81 bits per heavy atom. The van der Waals surface area contributed by atoms with Gasteiger partial charge in [0.15, 0.2) is 0 Å². The lowest BCUT2D eigenvalue weighted by molar-refractivity contribution is 0.493. The summed E-state index contributed by atoms with van der Waals surface area (Å²) in [6.07, 6.45) is 9.13. The molecule has 0 bridgehead atoms. The van der Waals surface area contributed by atoms with Gasteiger partial charge in [-0.3, -0.25) is 5.10 Å². The van der Waals surface area contributed by atoms with Crippen LogP contribution < -0.4 is 5.32 Å². The molecule has 4 aromatic rings. The van der Waals surface area contributed by atoms with Crippen molar-refractivity contribution in [3.05, 3.63) is 58.7 Å². The fraction of sp³-hybridized carbons (Fsp3) is 0.211. The van der Waals surface area contributed by atoms with Crippen molar-refractivity contribution in [3.8, 4) is 11.1 Å². The Labute approximate surface area is 165 Å². The molecule has 27 heavy (non-hydrogen) atoms. The van der Waals surface area contributed by atoms with Crippen molar-refractivity contribution in [2.45, 2.75) is 25.4 Å². The molecule has 0 aliphatic carbocycles. The number of hydrogen-bond acceptors (Lipinski definition) is 4. The lowest BCUT2D eigenvalue weighted by Gasteiger charge is -2.27. The van der Waals surface area contributed by atoms with Crippen LogP contribution in [-0.4, -0.2) is 30.8 Å². The molecule has 5 rings (SSSR count). The fourth-order valence-corrected chi connectivity index (χ4v) is 4.32. The Morgan fingerprint density at radius 1 is 1.19 bits per heavy atom. The molecule has 1 unspecified atom stereocenters. The molecule has 4 heterocycles. The highest BCUT2D eigenvalue weighted by Gasteiger charge is 2.27. The van der Waals surface area contributed by atoms with Crippen LogP contribution in [0.5, 0.6) is 0 Å². The smallest absolute Gasteiger partial charge is 0.222 e. The molecule has 3 aromatic heterocycles. The minimum atomic E-state index is 0.211. The zero-order valence-corrected chi connectivity index (χ0v) is 15.8. The highest BCUT2D eigenvalue weighted by Crippen LogP contribution is 2.42. The molecule has 0 saturated carbocycles. The third-order valence-corrected chi connectivity index (χ3v) is 5.84. The average molecular weight is 399 g/mol. The molecule has 0 saturated heterocycles. The highest BCUT2D eigenvalue weighted by molar-refractivity contribution is 6.45. The van der Waals surface area contributed by atoms with Crippen LogP contribution in [0.2, 0.25) is 10.0 Å². The van der Waals surface area contributed by atoms with Crippen molar-refractivity contribution in [3.63, 3.8) is 0 Å². The Bertz CT molecular complexity index is 1100. The third kappa shape index (κ3) is 2.76. The Hall–Kier alpha value is -2.57. The van der Waals surface area contributed by atoms with Gasteiger partial charge in [0.1, 0.15) is 0 Å². The predicted molar refractivity (Wildman–Crippen MR) is 107 cm³/mol. The summed E-state index contributed by atoms with van der Waals surface area (Å²) in [6.45, 7) is 0.766. The number of hydrogen-bond donors (Lipinski definition) is 2. The number of H-pyrrole nitrogens is 1. The van der Waals surface area contributed by atoms with E-state index in [0.717, 1.165) is 35.9 Å². The highest BCUT2D eigenvalue weighted by atomic mass is 35.5. The zero-order valence-electron chi connectivity index (χ0n) is 14.3. The molecule has 1 aliphatic rings. The summed E-state index contributed by atoms with van der Waals surface area (Å²) in [5, 5.41) is 12.7. The number of nitrogens with one attached hydrogen (secondary N) is 2. The Kier molecular flexibility index (Phi) is 4.02. The molecule has 1 aliphatic heterocycles. The summed E-state index contributed by atoms with van der Waals surface area (Å²) in [6, 6.07) is 5.92. The van der Waals surface area contributed by atoms with Gasteiger partial charge in [-0.2, -0.15) is 5.10 Å². The van der Waals surface area contributed by atoms with E-state index in [1.807, 2.05) is 30.6 Å². The van der Waals surface area contributed by atoms with Gasteiger partial charge in [0.05, 0.1) is 21.8 Å². The number of nitrogens with zero attached hydrogens (tertiary/aromatic N) is 4. The van der Waals surface area contributed by atoms with Crippen LogP contribution in [-0.2, 0) is 13.0 Å².